The molecule has 0 bridgehead atoms. The summed E-state index contributed by atoms with van der Waals surface area (Å²) in [5.41, 5.74) is 12.9. The van der Waals surface area contributed by atoms with E-state index in [-0.39, 0.29) is 0 Å². The van der Waals surface area contributed by atoms with Crippen molar-refractivity contribution in [2.75, 3.05) is 0 Å². The zero-order valence-electron chi connectivity index (χ0n) is 26.4. The highest BCUT2D eigenvalue weighted by Gasteiger charge is 2.22. The van der Waals surface area contributed by atoms with Gasteiger partial charge in [0.05, 0.1) is 44.5 Å². The van der Waals surface area contributed by atoms with Gasteiger partial charge in [-0.2, -0.15) is 0 Å². The summed E-state index contributed by atoms with van der Waals surface area (Å²) in [4.78, 5) is 6.43. The van der Waals surface area contributed by atoms with Crippen molar-refractivity contribution in [2.45, 2.75) is 10.6 Å². The molecule has 11 rings (SSSR count). The number of benzene rings is 7. The zero-order chi connectivity index (χ0) is 32.1. The number of hydrogen-bond acceptors (Lipinski definition) is 2. The third-order valence-corrected chi connectivity index (χ3v) is 11.2. The predicted molar refractivity (Wildman–Crippen MR) is 205 cm³/mol. The summed E-state index contributed by atoms with van der Waals surface area (Å²) in [6.45, 7) is 0. The van der Waals surface area contributed by atoms with Gasteiger partial charge in [-0.05, 0) is 90.0 Å². The Labute approximate surface area is 286 Å². The molecule has 0 aliphatic carbocycles. The molecule has 1 aliphatic rings. The molecule has 0 atom stereocenters. The molecule has 0 saturated heterocycles. The van der Waals surface area contributed by atoms with Gasteiger partial charge in [0.2, 0.25) is 0 Å². The minimum Gasteiger partial charge on any atom is -0.309 e. The van der Waals surface area contributed by atoms with Crippen LogP contribution >= 0.6 is 11.8 Å². The van der Waals surface area contributed by atoms with Gasteiger partial charge in [0.1, 0.15) is 5.82 Å². The Kier molecular flexibility index (Phi) is 5.63. The fraction of sp³-hybridized carbons (Fsp3) is 0.0227. The van der Waals surface area contributed by atoms with Crippen molar-refractivity contribution >= 4 is 66.4 Å². The van der Waals surface area contributed by atoms with E-state index in [1.165, 1.54) is 71.0 Å². The van der Waals surface area contributed by atoms with Crippen LogP contribution in [0.1, 0.15) is 5.82 Å². The maximum absolute atomic E-state index is 5.13. The number of rotatable bonds is 3. The number of aromatic nitrogens is 4. The van der Waals surface area contributed by atoms with Crippen molar-refractivity contribution < 1.29 is 0 Å². The molecule has 0 amide bonds. The van der Waals surface area contributed by atoms with E-state index in [9.17, 15) is 0 Å². The van der Waals surface area contributed by atoms with Gasteiger partial charge in [0, 0.05) is 37.8 Å². The molecule has 3 aromatic heterocycles. The van der Waals surface area contributed by atoms with Gasteiger partial charge in [0.25, 0.3) is 0 Å². The third-order valence-electron chi connectivity index (χ3n) is 10.1. The lowest BCUT2D eigenvalue weighted by Gasteiger charge is -2.18. The van der Waals surface area contributed by atoms with Gasteiger partial charge in [-0.25, -0.2) is 4.98 Å². The maximum atomic E-state index is 5.13. The monoisotopic (exact) mass is 644 g/mol. The predicted octanol–water partition coefficient (Wildman–Crippen LogP) is 11.5. The van der Waals surface area contributed by atoms with Crippen LogP contribution in [0.2, 0.25) is 0 Å². The number of hydrogen-bond donors (Lipinski definition) is 0. The summed E-state index contributed by atoms with van der Waals surface area (Å²) in [5.74, 6) is 1.98. The van der Waals surface area contributed by atoms with Gasteiger partial charge in [-0.3, -0.25) is 4.57 Å². The van der Waals surface area contributed by atoms with Crippen LogP contribution in [0.4, 0.5) is 0 Å². The quantitative estimate of drug-likeness (QED) is 0.191. The van der Waals surface area contributed by atoms with Crippen molar-refractivity contribution in [3.05, 3.63) is 164 Å². The smallest absolute Gasteiger partial charge is 0.124 e. The highest BCUT2D eigenvalue weighted by atomic mass is 32.2. The molecule has 4 nitrogen and oxygen atoms in total. The van der Waals surface area contributed by atoms with Crippen LogP contribution in [0.3, 0.4) is 0 Å². The summed E-state index contributed by atoms with van der Waals surface area (Å²) >= 11 is 1.86. The van der Waals surface area contributed by atoms with E-state index in [2.05, 4.69) is 171 Å². The van der Waals surface area contributed by atoms with Crippen LogP contribution in [0.5, 0.6) is 0 Å². The Bertz CT molecular complexity index is 2940. The maximum Gasteiger partial charge on any atom is 0.124 e. The summed E-state index contributed by atoms with van der Waals surface area (Å²) in [6, 6.07) is 57.3. The topological polar surface area (TPSA) is 27.7 Å². The van der Waals surface area contributed by atoms with Crippen molar-refractivity contribution in [1.29, 1.82) is 0 Å². The zero-order valence-corrected chi connectivity index (χ0v) is 27.2. The van der Waals surface area contributed by atoms with Crippen molar-refractivity contribution in [3.8, 4) is 28.2 Å². The standard InChI is InChI=1S/C44H28N4S/c1-2-10-30(11-3-1)46-37-14-6-4-12-32(37)34-24-28(18-21-39(34)46)29-19-22-40-35(25-29)33-13-5-7-15-38(33)47(40)31-20-23-41-36(26-31)45-44-27-49-43-17-9-8-16-42(43)48(41)44/h1-26H,27H2. The van der Waals surface area contributed by atoms with Crippen LogP contribution in [-0.4, -0.2) is 18.7 Å². The number of nitrogens with zero attached hydrogens (tertiary/aromatic N) is 4. The van der Waals surface area contributed by atoms with E-state index in [1.807, 2.05) is 11.8 Å². The summed E-state index contributed by atoms with van der Waals surface area (Å²) in [6.07, 6.45) is 0. The van der Waals surface area contributed by atoms with E-state index in [0.29, 0.717) is 0 Å². The molecule has 7 aromatic carbocycles. The molecular weight excluding hydrogens is 617 g/mol. The Morgan fingerprint density at radius 1 is 0.429 bits per heavy atom. The molecule has 49 heavy (non-hydrogen) atoms. The normalized spacial score (nSPS) is 12.7. The van der Waals surface area contributed by atoms with Gasteiger partial charge in [-0.1, -0.05) is 78.9 Å². The lowest BCUT2D eigenvalue weighted by molar-refractivity contribution is 0.945. The molecule has 1 aliphatic heterocycles. The first-order valence-electron chi connectivity index (χ1n) is 16.7. The Balaban J connectivity index is 1.08. The second kappa shape index (κ2) is 10.2. The minimum atomic E-state index is 0.873. The summed E-state index contributed by atoms with van der Waals surface area (Å²) < 4.78 is 7.10. The van der Waals surface area contributed by atoms with Crippen LogP contribution in [-0.2, 0) is 5.75 Å². The van der Waals surface area contributed by atoms with E-state index in [1.54, 1.807) is 0 Å². The highest BCUT2D eigenvalue weighted by Crippen LogP contribution is 2.40. The molecule has 230 valence electrons. The summed E-state index contributed by atoms with van der Waals surface area (Å²) in [5, 5.41) is 5.01. The van der Waals surface area contributed by atoms with Crippen molar-refractivity contribution in [1.82, 2.24) is 18.7 Å². The average molecular weight is 645 g/mol. The molecule has 5 heteroatoms. The van der Waals surface area contributed by atoms with E-state index in [0.717, 1.165) is 28.3 Å². The molecule has 0 fully saturated rings. The van der Waals surface area contributed by atoms with E-state index in [4.69, 9.17) is 4.98 Å². The second-order valence-electron chi connectivity index (χ2n) is 12.8. The molecule has 0 radical (unpaired) electrons. The van der Waals surface area contributed by atoms with Gasteiger partial charge >= 0.3 is 0 Å². The average Bonchev–Trinajstić information content (AvgIpc) is 3.82. The van der Waals surface area contributed by atoms with E-state index < -0.39 is 0 Å². The Morgan fingerprint density at radius 3 is 1.71 bits per heavy atom. The summed E-state index contributed by atoms with van der Waals surface area (Å²) in [7, 11) is 0. The lowest BCUT2D eigenvalue weighted by atomic mass is 10.0. The van der Waals surface area contributed by atoms with Gasteiger partial charge < -0.3 is 9.13 Å². The highest BCUT2D eigenvalue weighted by molar-refractivity contribution is 7.98. The van der Waals surface area contributed by atoms with Crippen LogP contribution in [0.15, 0.2) is 163 Å². The first-order chi connectivity index (χ1) is 24.3. The minimum absolute atomic E-state index is 0.873. The van der Waals surface area contributed by atoms with Crippen LogP contribution < -0.4 is 0 Å². The first kappa shape index (κ1) is 27.0. The number of imidazole rings is 1. The molecule has 0 unspecified atom stereocenters. The number of thioether (sulfide) groups is 1. The van der Waals surface area contributed by atoms with Gasteiger partial charge in [-0.15, -0.1) is 11.8 Å². The van der Waals surface area contributed by atoms with Crippen LogP contribution in [0.25, 0.3) is 82.8 Å². The molecular formula is C44H28N4S. The van der Waals surface area contributed by atoms with Crippen molar-refractivity contribution in [2.24, 2.45) is 0 Å². The van der Waals surface area contributed by atoms with Crippen molar-refractivity contribution in [3.63, 3.8) is 0 Å². The van der Waals surface area contributed by atoms with Crippen LogP contribution in [0, 0.1) is 0 Å². The lowest BCUT2D eigenvalue weighted by Crippen LogP contribution is -2.06. The SMILES string of the molecule is c1ccc(-n2c3ccccc3c3cc(-c4ccc5c(c4)c4ccccc4n5-c4ccc5c(c4)nc4n5-c5ccccc5SC4)ccc32)cc1. The number of para-hydroxylation sites is 4. The molecule has 10 aromatic rings. The molecule has 0 saturated carbocycles. The molecule has 4 heterocycles. The van der Waals surface area contributed by atoms with E-state index >= 15 is 0 Å². The number of fused-ring (bicyclic) bond motifs is 11. The van der Waals surface area contributed by atoms with Gasteiger partial charge in [0.15, 0.2) is 0 Å². The third kappa shape index (κ3) is 3.91. The first-order valence-corrected chi connectivity index (χ1v) is 17.6. The molecule has 0 N–H and O–H groups in total. The largest absolute Gasteiger partial charge is 0.309 e. The molecule has 0 spiro atoms. The fourth-order valence-electron chi connectivity index (χ4n) is 7.97. The Hall–Kier alpha value is -6.04. The Morgan fingerprint density at radius 2 is 1.00 bits per heavy atom. The second-order valence-corrected chi connectivity index (χ2v) is 13.8. The fourth-order valence-corrected chi connectivity index (χ4v) is 8.93.